The minimum absolute atomic E-state index is 0.0608. The van der Waals surface area contributed by atoms with E-state index in [4.69, 9.17) is 10.00 Å². The van der Waals surface area contributed by atoms with Crippen molar-refractivity contribution in [3.8, 4) is 22.9 Å². The van der Waals surface area contributed by atoms with Crippen LogP contribution in [0.25, 0.3) is 11.1 Å². The number of likely N-dealkylation sites (tertiary alicyclic amines) is 1. The van der Waals surface area contributed by atoms with E-state index in [0.717, 1.165) is 24.0 Å². The third-order valence-electron chi connectivity index (χ3n) is 4.90. The fourth-order valence-electron chi connectivity index (χ4n) is 3.28. The van der Waals surface area contributed by atoms with Gasteiger partial charge in [0.1, 0.15) is 5.75 Å². The molecule has 5 nitrogen and oxygen atoms in total. The Labute approximate surface area is 151 Å². The summed E-state index contributed by atoms with van der Waals surface area (Å²) in [5.41, 5.74) is 2.58. The standard InChI is InChI=1S/C21H18N2O3/c22-12-14-1-3-15(4-2-14)16-5-9-19(10-6-16)26-21(25)17-11-20(24)23(13-17)18-7-8-18/h1-6,9-10,17-18H,7-8,11,13H2. The molecule has 1 aliphatic carbocycles. The number of hydrogen-bond donors (Lipinski definition) is 0. The van der Waals surface area contributed by atoms with E-state index in [9.17, 15) is 9.59 Å². The number of ether oxygens (including phenoxy) is 1. The number of amides is 1. The van der Waals surface area contributed by atoms with Crippen LogP contribution < -0.4 is 4.74 Å². The average molecular weight is 346 g/mol. The number of carbonyl (C=O) groups excluding carboxylic acids is 2. The molecule has 1 amide bonds. The van der Waals surface area contributed by atoms with E-state index in [1.54, 1.807) is 24.3 Å². The molecule has 2 fully saturated rings. The molecule has 1 saturated carbocycles. The van der Waals surface area contributed by atoms with Crippen molar-refractivity contribution in [1.29, 1.82) is 5.26 Å². The Morgan fingerprint density at radius 2 is 1.65 bits per heavy atom. The maximum Gasteiger partial charge on any atom is 0.316 e. The molecule has 2 aromatic rings. The van der Waals surface area contributed by atoms with Gasteiger partial charge < -0.3 is 9.64 Å². The molecular formula is C21H18N2O3. The monoisotopic (exact) mass is 346 g/mol. The van der Waals surface area contributed by atoms with Crippen LogP contribution in [-0.4, -0.2) is 29.4 Å². The van der Waals surface area contributed by atoms with Crippen LogP contribution >= 0.6 is 0 Å². The van der Waals surface area contributed by atoms with Gasteiger partial charge in [-0.15, -0.1) is 0 Å². The molecule has 0 N–H and O–H groups in total. The van der Waals surface area contributed by atoms with E-state index < -0.39 is 0 Å². The van der Waals surface area contributed by atoms with E-state index >= 15 is 0 Å². The topological polar surface area (TPSA) is 70.4 Å². The summed E-state index contributed by atoms with van der Waals surface area (Å²) in [6.45, 7) is 0.478. The SMILES string of the molecule is N#Cc1ccc(-c2ccc(OC(=O)C3CC(=O)N(C4CC4)C3)cc2)cc1. The zero-order valence-electron chi connectivity index (χ0n) is 14.2. The second kappa shape index (κ2) is 6.64. The molecule has 130 valence electrons. The van der Waals surface area contributed by atoms with Crippen molar-refractivity contribution >= 4 is 11.9 Å². The summed E-state index contributed by atoms with van der Waals surface area (Å²) in [6, 6.07) is 17.0. The highest BCUT2D eigenvalue weighted by atomic mass is 16.5. The molecule has 1 atom stereocenters. The van der Waals surface area contributed by atoms with Crippen LogP contribution in [0, 0.1) is 17.2 Å². The molecule has 0 bridgehead atoms. The van der Waals surface area contributed by atoms with Crippen LogP contribution in [0.2, 0.25) is 0 Å². The number of hydrogen-bond acceptors (Lipinski definition) is 4. The zero-order valence-corrected chi connectivity index (χ0v) is 14.2. The van der Waals surface area contributed by atoms with E-state index in [0.29, 0.717) is 23.9 Å². The summed E-state index contributed by atoms with van der Waals surface area (Å²) < 4.78 is 5.46. The van der Waals surface area contributed by atoms with Gasteiger partial charge in [-0.2, -0.15) is 5.26 Å². The van der Waals surface area contributed by atoms with Gasteiger partial charge in [0.15, 0.2) is 0 Å². The van der Waals surface area contributed by atoms with Crippen molar-refractivity contribution in [2.24, 2.45) is 5.92 Å². The Bertz CT molecular complexity index is 877. The largest absolute Gasteiger partial charge is 0.426 e. The highest BCUT2D eigenvalue weighted by Gasteiger charge is 2.42. The van der Waals surface area contributed by atoms with E-state index in [1.807, 2.05) is 29.2 Å². The molecule has 1 aliphatic heterocycles. The Kier molecular flexibility index (Phi) is 4.18. The molecule has 1 saturated heterocycles. The molecule has 0 aromatic heterocycles. The van der Waals surface area contributed by atoms with E-state index in [-0.39, 0.29) is 24.2 Å². The lowest BCUT2D eigenvalue weighted by molar-refractivity contribution is -0.139. The third-order valence-corrected chi connectivity index (χ3v) is 4.90. The third kappa shape index (κ3) is 3.31. The van der Waals surface area contributed by atoms with Crippen LogP contribution in [0.5, 0.6) is 5.75 Å². The summed E-state index contributed by atoms with van der Waals surface area (Å²) in [5.74, 6) is -0.177. The van der Waals surface area contributed by atoms with Gasteiger partial charge >= 0.3 is 5.97 Å². The summed E-state index contributed by atoms with van der Waals surface area (Å²) in [6.07, 6.45) is 2.34. The summed E-state index contributed by atoms with van der Waals surface area (Å²) >= 11 is 0. The molecule has 0 spiro atoms. The number of nitriles is 1. The lowest BCUT2D eigenvalue weighted by atomic mass is 10.0. The molecular weight excluding hydrogens is 328 g/mol. The van der Waals surface area contributed by atoms with Crippen molar-refractivity contribution < 1.29 is 14.3 Å². The molecule has 5 heteroatoms. The summed E-state index contributed by atoms with van der Waals surface area (Å²) in [7, 11) is 0. The Balaban J connectivity index is 1.40. The van der Waals surface area contributed by atoms with Crippen molar-refractivity contribution in [2.75, 3.05) is 6.54 Å². The van der Waals surface area contributed by atoms with Gasteiger partial charge in [-0.25, -0.2) is 0 Å². The second-order valence-corrected chi connectivity index (χ2v) is 6.81. The first-order valence-corrected chi connectivity index (χ1v) is 8.76. The van der Waals surface area contributed by atoms with Crippen LogP contribution in [0.3, 0.4) is 0 Å². The maximum atomic E-state index is 12.3. The van der Waals surface area contributed by atoms with Gasteiger partial charge in [-0.3, -0.25) is 9.59 Å². The number of carbonyl (C=O) groups is 2. The highest BCUT2D eigenvalue weighted by Crippen LogP contribution is 2.33. The quantitative estimate of drug-likeness (QED) is 0.630. The molecule has 1 unspecified atom stereocenters. The first kappa shape index (κ1) is 16.3. The van der Waals surface area contributed by atoms with Gasteiger partial charge in [-0.1, -0.05) is 24.3 Å². The maximum absolute atomic E-state index is 12.3. The zero-order chi connectivity index (χ0) is 18.1. The normalized spacial score (nSPS) is 19.3. The summed E-state index contributed by atoms with van der Waals surface area (Å²) in [4.78, 5) is 26.1. The fraction of sp³-hybridized carbons (Fsp3) is 0.286. The number of benzene rings is 2. The van der Waals surface area contributed by atoms with Crippen LogP contribution in [0.15, 0.2) is 48.5 Å². The van der Waals surface area contributed by atoms with E-state index in [1.165, 1.54) is 0 Å². The smallest absolute Gasteiger partial charge is 0.316 e. The van der Waals surface area contributed by atoms with Gasteiger partial charge in [0.05, 0.1) is 17.6 Å². The van der Waals surface area contributed by atoms with Crippen molar-refractivity contribution in [3.05, 3.63) is 54.1 Å². The van der Waals surface area contributed by atoms with Gasteiger partial charge in [-0.05, 0) is 48.2 Å². The van der Waals surface area contributed by atoms with Crippen molar-refractivity contribution in [3.63, 3.8) is 0 Å². The van der Waals surface area contributed by atoms with Crippen LogP contribution in [0.1, 0.15) is 24.8 Å². The fourth-order valence-corrected chi connectivity index (χ4v) is 3.28. The lowest BCUT2D eigenvalue weighted by Crippen LogP contribution is -2.29. The first-order valence-electron chi connectivity index (χ1n) is 8.76. The average Bonchev–Trinajstić information content (AvgIpc) is 3.44. The van der Waals surface area contributed by atoms with Gasteiger partial charge in [0, 0.05) is 19.0 Å². The van der Waals surface area contributed by atoms with Crippen molar-refractivity contribution in [2.45, 2.75) is 25.3 Å². The van der Waals surface area contributed by atoms with Crippen LogP contribution in [0.4, 0.5) is 0 Å². The highest BCUT2D eigenvalue weighted by molar-refractivity contribution is 5.88. The predicted molar refractivity (Wildman–Crippen MR) is 95.1 cm³/mol. The Morgan fingerprint density at radius 1 is 1.04 bits per heavy atom. The van der Waals surface area contributed by atoms with Crippen molar-refractivity contribution in [1.82, 2.24) is 4.90 Å². The van der Waals surface area contributed by atoms with E-state index in [2.05, 4.69) is 6.07 Å². The number of rotatable bonds is 4. The Morgan fingerprint density at radius 3 is 2.23 bits per heavy atom. The lowest BCUT2D eigenvalue weighted by Gasteiger charge is -2.15. The second-order valence-electron chi connectivity index (χ2n) is 6.81. The molecule has 1 heterocycles. The van der Waals surface area contributed by atoms with Crippen LogP contribution in [-0.2, 0) is 9.59 Å². The predicted octanol–water partition coefficient (Wildman–Crippen LogP) is 3.14. The molecule has 2 aromatic carbocycles. The summed E-state index contributed by atoms with van der Waals surface area (Å²) in [5, 5.41) is 8.85. The molecule has 0 radical (unpaired) electrons. The molecule has 26 heavy (non-hydrogen) atoms. The minimum Gasteiger partial charge on any atom is -0.426 e. The first-order chi connectivity index (χ1) is 12.6. The molecule has 4 rings (SSSR count). The molecule has 2 aliphatic rings. The number of nitrogens with zero attached hydrogens (tertiary/aromatic N) is 2. The minimum atomic E-state index is -0.374. The Hall–Kier alpha value is -3.13. The number of esters is 1. The van der Waals surface area contributed by atoms with Gasteiger partial charge in [0.25, 0.3) is 0 Å². The van der Waals surface area contributed by atoms with Gasteiger partial charge in [0.2, 0.25) is 5.91 Å².